The minimum Gasteiger partial charge on any atom is -0.363 e. The Labute approximate surface area is 114 Å². The molecule has 0 saturated carbocycles. The van der Waals surface area contributed by atoms with E-state index in [0.717, 1.165) is 30.0 Å². The number of carbonyl (C=O) groups is 1. The van der Waals surface area contributed by atoms with Crippen molar-refractivity contribution in [3.05, 3.63) is 5.69 Å². The molecular formula is C14H24N4O. The average molecular weight is 264 g/mol. The van der Waals surface area contributed by atoms with Gasteiger partial charge < -0.3 is 10.6 Å². The third-order valence-electron chi connectivity index (χ3n) is 4.41. The monoisotopic (exact) mass is 264 g/mol. The smallest absolute Gasteiger partial charge is 0.232 e. The molecule has 1 aromatic rings. The van der Waals surface area contributed by atoms with Crippen molar-refractivity contribution in [2.45, 2.75) is 53.0 Å². The second-order valence-corrected chi connectivity index (χ2v) is 6.37. The van der Waals surface area contributed by atoms with Gasteiger partial charge in [-0.15, -0.1) is 0 Å². The lowest BCUT2D eigenvalue weighted by Gasteiger charge is -2.39. The molecule has 5 heteroatoms. The molecule has 0 fully saturated rings. The molecule has 1 aliphatic heterocycles. The van der Waals surface area contributed by atoms with Crippen molar-refractivity contribution in [2.24, 2.45) is 12.5 Å². The standard InChI is InChI=1S/C14H24N4O/c1-7-8-9-10-11(18(6)17-9)16-14(4,5)13(2,3)12(19)15-10/h16H,7-8H2,1-6H3,(H,15,19). The Hall–Kier alpha value is -1.52. The van der Waals surface area contributed by atoms with Gasteiger partial charge in [0.2, 0.25) is 5.91 Å². The van der Waals surface area contributed by atoms with Crippen LogP contribution in [0.3, 0.4) is 0 Å². The van der Waals surface area contributed by atoms with E-state index in [-0.39, 0.29) is 11.4 Å². The summed E-state index contributed by atoms with van der Waals surface area (Å²) >= 11 is 0. The summed E-state index contributed by atoms with van der Waals surface area (Å²) in [6.07, 6.45) is 1.87. The molecule has 0 radical (unpaired) electrons. The van der Waals surface area contributed by atoms with Crippen LogP contribution in [0.15, 0.2) is 0 Å². The zero-order valence-electron chi connectivity index (χ0n) is 12.7. The van der Waals surface area contributed by atoms with E-state index in [1.165, 1.54) is 0 Å². The van der Waals surface area contributed by atoms with Gasteiger partial charge in [0.05, 0.1) is 11.1 Å². The highest BCUT2D eigenvalue weighted by atomic mass is 16.2. The fraction of sp³-hybridized carbons (Fsp3) is 0.714. The summed E-state index contributed by atoms with van der Waals surface area (Å²) in [5.74, 6) is 0.932. The molecule has 5 nitrogen and oxygen atoms in total. The van der Waals surface area contributed by atoms with Crippen molar-refractivity contribution in [2.75, 3.05) is 10.6 Å². The zero-order chi connectivity index (χ0) is 14.4. The van der Waals surface area contributed by atoms with Gasteiger partial charge in [0.15, 0.2) is 0 Å². The Balaban J connectivity index is 2.55. The van der Waals surface area contributed by atoms with Crippen LogP contribution in [0.25, 0.3) is 0 Å². The predicted octanol–water partition coefficient (Wildman–Crippen LogP) is 2.54. The van der Waals surface area contributed by atoms with E-state index in [1.54, 1.807) is 0 Å². The molecule has 1 amide bonds. The van der Waals surface area contributed by atoms with Crippen molar-refractivity contribution in [3.8, 4) is 0 Å². The highest BCUT2D eigenvalue weighted by Crippen LogP contribution is 2.41. The molecule has 2 heterocycles. The highest BCUT2D eigenvalue weighted by Gasteiger charge is 2.46. The number of nitrogens with one attached hydrogen (secondary N) is 2. The van der Waals surface area contributed by atoms with Crippen molar-refractivity contribution >= 4 is 17.4 Å². The summed E-state index contributed by atoms with van der Waals surface area (Å²) < 4.78 is 1.82. The Bertz CT molecular complexity index is 514. The Kier molecular flexibility index (Phi) is 3.11. The molecular weight excluding hydrogens is 240 g/mol. The largest absolute Gasteiger partial charge is 0.363 e. The number of rotatable bonds is 2. The molecule has 2 N–H and O–H groups in total. The van der Waals surface area contributed by atoms with Gasteiger partial charge in [0, 0.05) is 12.6 Å². The van der Waals surface area contributed by atoms with E-state index in [4.69, 9.17) is 0 Å². The van der Waals surface area contributed by atoms with E-state index in [1.807, 2.05) is 39.4 Å². The molecule has 0 spiro atoms. The molecule has 1 aromatic heterocycles. The molecule has 1 aliphatic rings. The Morgan fingerprint density at radius 3 is 2.47 bits per heavy atom. The van der Waals surface area contributed by atoms with Crippen LogP contribution in [0.4, 0.5) is 11.5 Å². The van der Waals surface area contributed by atoms with E-state index >= 15 is 0 Å². The lowest BCUT2D eigenvalue weighted by molar-refractivity contribution is -0.126. The molecule has 19 heavy (non-hydrogen) atoms. The Morgan fingerprint density at radius 2 is 1.89 bits per heavy atom. The van der Waals surface area contributed by atoms with Crippen LogP contribution in [0.2, 0.25) is 0 Å². The van der Waals surface area contributed by atoms with E-state index in [2.05, 4.69) is 22.7 Å². The van der Waals surface area contributed by atoms with Crippen LogP contribution in [-0.4, -0.2) is 21.2 Å². The first-order chi connectivity index (χ1) is 8.70. The van der Waals surface area contributed by atoms with Gasteiger partial charge in [-0.25, -0.2) is 0 Å². The molecule has 0 unspecified atom stereocenters. The van der Waals surface area contributed by atoms with Gasteiger partial charge in [0.1, 0.15) is 11.5 Å². The lowest BCUT2D eigenvalue weighted by Crippen LogP contribution is -2.51. The van der Waals surface area contributed by atoms with Gasteiger partial charge in [0.25, 0.3) is 0 Å². The van der Waals surface area contributed by atoms with Crippen LogP contribution in [0.1, 0.15) is 46.7 Å². The third-order valence-corrected chi connectivity index (χ3v) is 4.41. The third kappa shape index (κ3) is 2.01. The number of carbonyl (C=O) groups excluding carboxylic acids is 1. The highest BCUT2D eigenvalue weighted by molar-refractivity contribution is 6.00. The summed E-state index contributed by atoms with van der Waals surface area (Å²) in [5.41, 5.74) is 0.942. The maximum absolute atomic E-state index is 12.5. The van der Waals surface area contributed by atoms with Crippen LogP contribution in [-0.2, 0) is 18.3 Å². The maximum atomic E-state index is 12.5. The number of aryl methyl sites for hydroxylation is 2. The fourth-order valence-corrected chi connectivity index (χ4v) is 2.27. The van der Waals surface area contributed by atoms with Crippen molar-refractivity contribution < 1.29 is 4.79 Å². The summed E-state index contributed by atoms with van der Waals surface area (Å²) in [6, 6.07) is 0. The fourth-order valence-electron chi connectivity index (χ4n) is 2.27. The zero-order valence-corrected chi connectivity index (χ0v) is 12.7. The molecule has 0 bridgehead atoms. The van der Waals surface area contributed by atoms with Gasteiger partial charge >= 0.3 is 0 Å². The topological polar surface area (TPSA) is 59.0 Å². The predicted molar refractivity (Wildman–Crippen MR) is 77.3 cm³/mol. The first-order valence-corrected chi connectivity index (χ1v) is 6.86. The number of hydrogen-bond acceptors (Lipinski definition) is 3. The minimum atomic E-state index is -0.504. The second kappa shape index (κ2) is 4.25. The second-order valence-electron chi connectivity index (χ2n) is 6.37. The Morgan fingerprint density at radius 1 is 1.26 bits per heavy atom. The molecule has 0 saturated heterocycles. The van der Waals surface area contributed by atoms with Crippen molar-refractivity contribution in [3.63, 3.8) is 0 Å². The summed E-state index contributed by atoms with van der Waals surface area (Å²) in [4.78, 5) is 12.5. The molecule has 0 atom stereocenters. The van der Waals surface area contributed by atoms with E-state index in [9.17, 15) is 4.79 Å². The van der Waals surface area contributed by atoms with E-state index < -0.39 is 5.41 Å². The average Bonchev–Trinajstić information content (AvgIpc) is 2.53. The minimum absolute atomic E-state index is 0.0362. The maximum Gasteiger partial charge on any atom is 0.232 e. The van der Waals surface area contributed by atoms with Crippen LogP contribution in [0, 0.1) is 5.41 Å². The number of aromatic nitrogens is 2. The SMILES string of the molecule is CCCc1nn(C)c2c1NC(=O)C(C)(C)C(C)(C)N2. The number of anilines is 2. The normalized spacial score (nSPS) is 20.2. The number of hydrogen-bond donors (Lipinski definition) is 2. The molecule has 0 aliphatic carbocycles. The number of fused-ring (bicyclic) bond motifs is 1. The van der Waals surface area contributed by atoms with Crippen LogP contribution in [0.5, 0.6) is 0 Å². The van der Waals surface area contributed by atoms with Crippen molar-refractivity contribution in [1.29, 1.82) is 0 Å². The first-order valence-electron chi connectivity index (χ1n) is 6.86. The molecule has 106 valence electrons. The van der Waals surface area contributed by atoms with Crippen LogP contribution < -0.4 is 10.6 Å². The van der Waals surface area contributed by atoms with Gasteiger partial charge in [-0.05, 0) is 34.1 Å². The quantitative estimate of drug-likeness (QED) is 0.863. The first kappa shape index (κ1) is 13.9. The molecule has 0 aromatic carbocycles. The number of nitrogens with zero attached hydrogens (tertiary/aromatic N) is 2. The lowest BCUT2D eigenvalue weighted by atomic mass is 9.74. The molecule has 2 rings (SSSR count). The summed E-state index contributed by atoms with van der Waals surface area (Å²) in [5, 5.41) is 11.1. The number of amides is 1. The van der Waals surface area contributed by atoms with Crippen molar-refractivity contribution in [1.82, 2.24) is 9.78 Å². The summed E-state index contributed by atoms with van der Waals surface area (Å²) in [7, 11) is 1.91. The van der Waals surface area contributed by atoms with Gasteiger partial charge in [-0.1, -0.05) is 13.3 Å². The van der Waals surface area contributed by atoms with E-state index in [0.29, 0.717) is 0 Å². The van der Waals surface area contributed by atoms with Gasteiger partial charge in [-0.2, -0.15) is 5.10 Å². The van der Waals surface area contributed by atoms with Gasteiger partial charge in [-0.3, -0.25) is 9.48 Å². The summed E-state index contributed by atoms with van der Waals surface area (Å²) in [6.45, 7) is 10.1. The van der Waals surface area contributed by atoms with Crippen LogP contribution >= 0.6 is 0 Å².